The lowest BCUT2D eigenvalue weighted by Gasteiger charge is -2.49. The van der Waals surface area contributed by atoms with E-state index in [2.05, 4.69) is 99.8 Å². The second kappa shape index (κ2) is 8.62. The average Bonchev–Trinajstić information content (AvgIpc) is 3.25. The van der Waals surface area contributed by atoms with E-state index >= 15 is 0 Å². The summed E-state index contributed by atoms with van der Waals surface area (Å²) in [7, 11) is 3.80. The van der Waals surface area contributed by atoms with Gasteiger partial charge in [0.05, 0.1) is 24.8 Å². The van der Waals surface area contributed by atoms with Crippen molar-refractivity contribution in [3.63, 3.8) is 0 Å². The number of hydrogen-bond donors (Lipinski definition) is 2. The Balaban J connectivity index is 1.63. The third-order valence-corrected chi connectivity index (χ3v) is 6.96. The van der Waals surface area contributed by atoms with Crippen molar-refractivity contribution in [2.75, 3.05) is 19.1 Å². The smallest absolute Gasteiger partial charge is 0.151 e. The number of nitrogens with one attached hydrogen (secondary N) is 2. The number of aromatic amines is 1. The molecule has 1 aliphatic heterocycles. The van der Waals surface area contributed by atoms with Crippen LogP contribution in [0.2, 0.25) is 0 Å². The summed E-state index contributed by atoms with van der Waals surface area (Å²) in [6, 6.07) is 8.55. The number of H-pyrrole nitrogens is 1. The molecular formula is C24H31IN6O. The van der Waals surface area contributed by atoms with Gasteiger partial charge in [0.25, 0.3) is 0 Å². The van der Waals surface area contributed by atoms with Crippen LogP contribution in [0.15, 0.2) is 36.8 Å². The molecule has 0 radical (unpaired) electrons. The van der Waals surface area contributed by atoms with Crippen LogP contribution >= 0.6 is 22.6 Å². The van der Waals surface area contributed by atoms with Crippen LogP contribution in [0.5, 0.6) is 5.75 Å². The monoisotopic (exact) mass is 546 g/mol. The van der Waals surface area contributed by atoms with Crippen LogP contribution in [-0.2, 0) is 0 Å². The van der Waals surface area contributed by atoms with E-state index in [1.807, 2.05) is 18.3 Å². The fraction of sp³-hybridized carbons (Fsp3) is 0.458. The van der Waals surface area contributed by atoms with E-state index in [9.17, 15) is 0 Å². The lowest BCUT2D eigenvalue weighted by molar-refractivity contribution is 0.160. The van der Waals surface area contributed by atoms with Crippen LogP contribution in [0.3, 0.4) is 0 Å². The Morgan fingerprint density at radius 1 is 1.03 bits per heavy atom. The molecule has 2 aromatic heterocycles. The molecule has 0 bridgehead atoms. The first-order valence-electron chi connectivity index (χ1n) is 10.8. The van der Waals surface area contributed by atoms with E-state index in [1.165, 1.54) is 0 Å². The van der Waals surface area contributed by atoms with Gasteiger partial charge >= 0.3 is 0 Å². The molecule has 3 heterocycles. The molecule has 170 valence electrons. The Labute approximate surface area is 203 Å². The van der Waals surface area contributed by atoms with Crippen molar-refractivity contribution in [2.24, 2.45) is 0 Å². The van der Waals surface area contributed by atoms with Crippen LogP contribution in [-0.4, -0.2) is 51.4 Å². The number of aromatic nitrogens is 4. The third-order valence-electron chi connectivity index (χ3n) is 6.07. The lowest BCUT2D eigenvalue weighted by Crippen LogP contribution is -2.62. The van der Waals surface area contributed by atoms with Crippen LogP contribution in [0.25, 0.3) is 22.5 Å². The number of methoxy groups -OCH3 is 1. The number of hydrogen-bond acceptors (Lipinski definition) is 6. The molecule has 1 fully saturated rings. The predicted molar refractivity (Wildman–Crippen MR) is 137 cm³/mol. The van der Waals surface area contributed by atoms with Crippen molar-refractivity contribution >= 4 is 28.4 Å². The van der Waals surface area contributed by atoms with Gasteiger partial charge in [-0.3, -0.25) is 0 Å². The summed E-state index contributed by atoms with van der Waals surface area (Å²) in [5.74, 6) is 1.65. The molecule has 7 nitrogen and oxygen atoms in total. The Hall–Kier alpha value is -2.20. The van der Waals surface area contributed by atoms with Crippen molar-refractivity contribution in [3.8, 4) is 28.3 Å². The zero-order valence-electron chi connectivity index (χ0n) is 19.5. The summed E-state index contributed by atoms with van der Waals surface area (Å²) in [6.45, 7) is 9.07. The maximum absolute atomic E-state index is 5.65. The zero-order chi connectivity index (χ0) is 23.1. The topological polar surface area (TPSA) is 79.0 Å². The minimum atomic E-state index is 0.0747. The molecule has 0 atom stereocenters. The second-order valence-corrected chi connectivity index (χ2v) is 11.0. The molecule has 0 spiro atoms. The highest BCUT2D eigenvalue weighted by molar-refractivity contribution is 14.1. The van der Waals surface area contributed by atoms with E-state index in [0.29, 0.717) is 6.04 Å². The first kappa shape index (κ1) is 23.0. The van der Waals surface area contributed by atoms with Gasteiger partial charge in [-0.15, -0.1) is 10.2 Å². The van der Waals surface area contributed by atoms with Crippen LogP contribution < -0.4 is 15.0 Å². The molecule has 0 unspecified atom stereocenters. The molecule has 1 aliphatic rings. The van der Waals surface area contributed by atoms with E-state index in [-0.39, 0.29) is 11.1 Å². The summed E-state index contributed by atoms with van der Waals surface area (Å²) in [5.41, 5.74) is 3.75. The molecule has 0 aliphatic carbocycles. The normalized spacial score (nSPS) is 17.8. The van der Waals surface area contributed by atoms with E-state index < -0.39 is 0 Å². The Morgan fingerprint density at radius 2 is 1.75 bits per heavy atom. The number of halogens is 1. The number of piperidine rings is 1. The maximum Gasteiger partial charge on any atom is 0.151 e. The lowest BCUT2D eigenvalue weighted by atomic mass is 9.79. The summed E-state index contributed by atoms with van der Waals surface area (Å²) in [6.07, 6.45) is 5.67. The molecule has 4 rings (SSSR count). The zero-order valence-corrected chi connectivity index (χ0v) is 21.7. The van der Waals surface area contributed by atoms with Gasteiger partial charge in [0.1, 0.15) is 5.75 Å². The van der Waals surface area contributed by atoms with Crippen molar-refractivity contribution < 1.29 is 4.74 Å². The highest BCUT2D eigenvalue weighted by Crippen LogP contribution is 2.37. The van der Waals surface area contributed by atoms with Gasteiger partial charge in [0, 0.05) is 45.1 Å². The minimum absolute atomic E-state index is 0.0747. The first-order valence-corrected chi connectivity index (χ1v) is 11.9. The third kappa shape index (κ3) is 4.76. The molecule has 0 amide bonds. The molecule has 0 saturated carbocycles. The highest BCUT2D eigenvalue weighted by atomic mass is 127. The van der Waals surface area contributed by atoms with Gasteiger partial charge in [0.2, 0.25) is 0 Å². The summed E-state index contributed by atoms with van der Waals surface area (Å²) in [5, 5.41) is 12.9. The Kier molecular flexibility index (Phi) is 6.19. The number of rotatable bonds is 5. The summed E-state index contributed by atoms with van der Waals surface area (Å²) in [4.78, 5) is 9.69. The second-order valence-electron chi connectivity index (χ2n) is 9.83. The van der Waals surface area contributed by atoms with Crippen molar-refractivity contribution in [1.82, 2.24) is 25.5 Å². The number of nitrogens with zero attached hydrogens (tertiary/aromatic N) is 4. The molecule has 2 N–H and O–H groups in total. The molecule has 32 heavy (non-hydrogen) atoms. The largest absolute Gasteiger partial charge is 0.496 e. The average molecular weight is 546 g/mol. The van der Waals surface area contributed by atoms with Gasteiger partial charge in [-0.25, -0.2) is 4.98 Å². The summed E-state index contributed by atoms with van der Waals surface area (Å²) >= 11 is 2.31. The van der Waals surface area contributed by atoms with E-state index in [1.54, 1.807) is 13.4 Å². The standard InChI is InChI=1S/C24H31IN6O/c1-23(2)11-15(12-24(3,4)30-23)31(5)22-8-7-19(28-29-22)17-9-16(20-13-26-14-27-20)18(25)10-21(17)32-6/h7-10,13-15,30H,11-12H2,1-6H3,(H,26,27). The number of anilines is 1. The molecular weight excluding hydrogens is 515 g/mol. The van der Waals surface area contributed by atoms with Crippen molar-refractivity contribution in [3.05, 3.63) is 40.4 Å². The number of imidazole rings is 1. The molecule has 1 saturated heterocycles. The van der Waals surface area contributed by atoms with E-state index in [4.69, 9.17) is 4.74 Å². The highest BCUT2D eigenvalue weighted by Gasteiger charge is 2.39. The minimum Gasteiger partial charge on any atom is -0.496 e. The number of benzene rings is 1. The van der Waals surface area contributed by atoms with E-state index in [0.717, 1.165) is 50.5 Å². The fourth-order valence-corrected chi connectivity index (χ4v) is 5.63. The molecule has 1 aromatic carbocycles. The number of ether oxygens (including phenoxy) is 1. The van der Waals surface area contributed by atoms with Gasteiger partial charge in [-0.1, -0.05) is 0 Å². The van der Waals surface area contributed by atoms with Crippen molar-refractivity contribution in [1.29, 1.82) is 0 Å². The Bertz CT molecular complexity index is 1060. The van der Waals surface area contributed by atoms with Crippen LogP contribution in [0, 0.1) is 3.57 Å². The SMILES string of the molecule is COc1cc(I)c(-c2c[nH]cn2)cc1-c1ccc(N(C)C2CC(C)(C)NC(C)(C)C2)nn1. The van der Waals surface area contributed by atoms with Crippen molar-refractivity contribution in [2.45, 2.75) is 57.7 Å². The quantitative estimate of drug-likeness (QED) is 0.444. The molecule has 3 aromatic rings. The summed E-state index contributed by atoms with van der Waals surface area (Å²) < 4.78 is 6.72. The van der Waals surface area contributed by atoms with Gasteiger partial charge in [0.15, 0.2) is 5.82 Å². The fourth-order valence-electron chi connectivity index (χ4n) is 4.91. The van der Waals surface area contributed by atoms with Crippen LogP contribution in [0.1, 0.15) is 40.5 Å². The van der Waals surface area contributed by atoms with Gasteiger partial charge in [-0.05, 0) is 87.4 Å². The maximum atomic E-state index is 5.65. The predicted octanol–water partition coefficient (Wildman–Crippen LogP) is 4.89. The van der Waals surface area contributed by atoms with Gasteiger partial charge < -0.3 is 19.9 Å². The van der Waals surface area contributed by atoms with Gasteiger partial charge in [-0.2, -0.15) is 0 Å². The Morgan fingerprint density at radius 3 is 2.31 bits per heavy atom. The van der Waals surface area contributed by atoms with Crippen LogP contribution in [0.4, 0.5) is 5.82 Å². The first-order chi connectivity index (χ1) is 15.1. The molecule has 8 heteroatoms.